The van der Waals surface area contributed by atoms with E-state index in [0.29, 0.717) is 6.29 Å². The molecule has 5 nitrogen and oxygen atoms in total. The van der Waals surface area contributed by atoms with Gasteiger partial charge in [-0.2, -0.15) is 4.99 Å². The summed E-state index contributed by atoms with van der Waals surface area (Å²) >= 11 is 0. The standard InChI is InChI=1S/C5H7N3O2/c6-4-3(2-9)1-7-5(10)8-4/h2-3H,1H2,(H3,6,7,8,10). The van der Waals surface area contributed by atoms with Crippen molar-refractivity contribution >= 4 is 18.2 Å². The molecule has 0 bridgehead atoms. The maximum atomic E-state index is 10.4. The molecule has 0 spiro atoms. The van der Waals surface area contributed by atoms with Crippen molar-refractivity contribution in [1.29, 1.82) is 0 Å². The van der Waals surface area contributed by atoms with E-state index >= 15 is 0 Å². The van der Waals surface area contributed by atoms with Crippen molar-refractivity contribution in [3.8, 4) is 0 Å². The molecule has 1 atom stereocenters. The minimum absolute atomic E-state index is 0.0961. The molecule has 0 fully saturated rings. The molecule has 54 valence electrons. The average Bonchev–Trinajstić information content (AvgIpc) is 1.88. The number of carbonyl (C=O) groups is 2. The topological polar surface area (TPSA) is 84.5 Å². The summed E-state index contributed by atoms with van der Waals surface area (Å²) in [6.45, 7) is 0.262. The fourth-order valence-electron chi connectivity index (χ4n) is 0.659. The highest BCUT2D eigenvalue weighted by Crippen LogP contribution is 1.96. The first kappa shape index (κ1) is 6.73. The third kappa shape index (κ3) is 1.12. The molecule has 10 heavy (non-hydrogen) atoms. The molecule has 0 saturated heterocycles. The Labute approximate surface area is 57.3 Å². The van der Waals surface area contributed by atoms with Crippen LogP contribution in [0.15, 0.2) is 4.99 Å². The van der Waals surface area contributed by atoms with E-state index in [1.807, 2.05) is 0 Å². The van der Waals surface area contributed by atoms with E-state index in [0.717, 1.165) is 0 Å². The van der Waals surface area contributed by atoms with Crippen LogP contribution in [0.3, 0.4) is 0 Å². The van der Waals surface area contributed by atoms with Gasteiger partial charge in [-0.3, -0.25) is 0 Å². The number of rotatable bonds is 1. The number of amides is 2. The van der Waals surface area contributed by atoms with Crippen molar-refractivity contribution in [3.05, 3.63) is 0 Å². The number of urea groups is 1. The zero-order valence-electron chi connectivity index (χ0n) is 5.20. The summed E-state index contributed by atoms with van der Waals surface area (Å²) in [5, 5.41) is 2.38. The third-order valence-electron chi connectivity index (χ3n) is 1.25. The fourth-order valence-corrected chi connectivity index (χ4v) is 0.659. The predicted molar refractivity (Wildman–Crippen MR) is 34.6 cm³/mol. The van der Waals surface area contributed by atoms with Gasteiger partial charge in [0.2, 0.25) is 0 Å². The number of hydrogen-bond acceptors (Lipinski definition) is 3. The van der Waals surface area contributed by atoms with Crippen LogP contribution in [0.1, 0.15) is 0 Å². The number of amidine groups is 1. The Morgan fingerprint density at radius 1 is 1.80 bits per heavy atom. The molecule has 1 rings (SSSR count). The lowest BCUT2D eigenvalue weighted by Gasteiger charge is -2.14. The first-order valence-electron chi connectivity index (χ1n) is 2.81. The zero-order chi connectivity index (χ0) is 7.56. The van der Waals surface area contributed by atoms with Gasteiger partial charge in [0.05, 0.1) is 5.92 Å². The summed E-state index contributed by atoms with van der Waals surface area (Å²) in [7, 11) is 0. The lowest BCUT2D eigenvalue weighted by Crippen LogP contribution is -2.42. The van der Waals surface area contributed by atoms with Crippen LogP contribution in [-0.2, 0) is 4.79 Å². The van der Waals surface area contributed by atoms with Gasteiger partial charge in [0.25, 0.3) is 0 Å². The molecule has 3 N–H and O–H groups in total. The van der Waals surface area contributed by atoms with Crippen molar-refractivity contribution in [2.24, 2.45) is 16.6 Å². The molecule has 1 aliphatic rings. The molecule has 0 aromatic heterocycles. The molecular formula is C5H7N3O2. The van der Waals surface area contributed by atoms with Gasteiger partial charge in [0, 0.05) is 6.54 Å². The molecule has 2 amide bonds. The molecule has 1 unspecified atom stereocenters. The van der Waals surface area contributed by atoms with E-state index in [1.165, 1.54) is 0 Å². The number of nitrogens with zero attached hydrogens (tertiary/aromatic N) is 1. The Bertz CT molecular complexity index is 199. The second-order valence-electron chi connectivity index (χ2n) is 1.97. The van der Waals surface area contributed by atoms with Gasteiger partial charge in [-0.1, -0.05) is 0 Å². The molecule has 1 heterocycles. The van der Waals surface area contributed by atoms with Crippen LogP contribution in [0.25, 0.3) is 0 Å². The van der Waals surface area contributed by atoms with Crippen LogP contribution in [0.2, 0.25) is 0 Å². The molecule has 1 aliphatic heterocycles. The van der Waals surface area contributed by atoms with Crippen LogP contribution in [0, 0.1) is 5.92 Å². The zero-order valence-corrected chi connectivity index (χ0v) is 5.20. The number of nitrogens with one attached hydrogen (secondary N) is 1. The molecule has 0 aromatic carbocycles. The van der Waals surface area contributed by atoms with Gasteiger partial charge < -0.3 is 15.8 Å². The van der Waals surface area contributed by atoms with Gasteiger partial charge in [-0.25, -0.2) is 4.79 Å². The van der Waals surface area contributed by atoms with E-state index in [-0.39, 0.29) is 12.4 Å². The Hall–Kier alpha value is -1.39. The van der Waals surface area contributed by atoms with Gasteiger partial charge in [0.15, 0.2) is 0 Å². The Morgan fingerprint density at radius 3 is 3.00 bits per heavy atom. The summed E-state index contributed by atoms with van der Waals surface area (Å²) < 4.78 is 0. The highest BCUT2D eigenvalue weighted by Gasteiger charge is 2.18. The SMILES string of the molecule is NC1=NC(=O)NCC1C=O. The minimum Gasteiger partial charge on any atom is -0.386 e. The number of carbonyl (C=O) groups excluding carboxylic acids is 2. The van der Waals surface area contributed by atoms with Crippen molar-refractivity contribution in [3.63, 3.8) is 0 Å². The lowest BCUT2D eigenvalue weighted by atomic mass is 10.1. The maximum absolute atomic E-state index is 10.4. The number of aliphatic imine (C=N–C) groups is 1. The summed E-state index contributed by atoms with van der Waals surface area (Å²) in [6, 6.07) is -0.476. The van der Waals surface area contributed by atoms with Crippen LogP contribution in [-0.4, -0.2) is 24.7 Å². The fraction of sp³-hybridized carbons (Fsp3) is 0.400. The molecule has 5 heteroatoms. The first-order chi connectivity index (χ1) is 4.74. The van der Waals surface area contributed by atoms with Crippen molar-refractivity contribution in [1.82, 2.24) is 5.32 Å². The Balaban J connectivity index is 2.76. The molecular weight excluding hydrogens is 134 g/mol. The van der Waals surface area contributed by atoms with Crippen molar-refractivity contribution < 1.29 is 9.59 Å². The quantitative estimate of drug-likeness (QED) is 0.454. The smallest absolute Gasteiger partial charge is 0.342 e. The number of nitrogens with two attached hydrogens (primary N) is 1. The average molecular weight is 141 g/mol. The Morgan fingerprint density at radius 2 is 2.50 bits per heavy atom. The Kier molecular flexibility index (Phi) is 1.66. The largest absolute Gasteiger partial charge is 0.386 e. The molecule has 0 saturated carbocycles. The second kappa shape index (κ2) is 2.47. The summed E-state index contributed by atoms with van der Waals surface area (Å²) in [5.74, 6) is -0.351. The normalized spacial score (nSPS) is 25.0. The van der Waals surface area contributed by atoms with E-state index in [2.05, 4.69) is 10.3 Å². The maximum Gasteiger partial charge on any atom is 0.342 e. The minimum atomic E-state index is -0.476. The number of hydrogen-bond donors (Lipinski definition) is 2. The molecule has 0 aliphatic carbocycles. The second-order valence-corrected chi connectivity index (χ2v) is 1.97. The van der Waals surface area contributed by atoms with Crippen LogP contribution >= 0.6 is 0 Å². The third-order valence-corrected chi connectivity index (χ3v) is 1.25. The van der Waals surface area contributed by atoms with E-state index in [4.69, 9.17) is 5.73 Å². The van der Waals surface area contributed by atoms with E-state index in [1.54, 1.807) is 0 Å². The lowest BCUT2D eigenvalue weighted by molar-refractivity contribution is -0.109. The van der Waals surface area contributed by atoms with Gasteiger partial charge in [-0.05, 0) is 0 Å². The van der Waals surface area contributed by atoms with E-state index < -0.39 is 11.9 Å². The van der Waals surface area contributed by atoms with Gasteiger partial charge >= 0.3 is 6.03 Å². The van der Waals surface area contributed by atoms with Gasteiger partial charge in [-0.15, -0.1) is 0 Å². The molecule has 0 radical (unpaired) electrons. The monoisotopic (exact) mass is 141 g/mol. The highest BCUT2D eigenvalue weighted by molar-refractivity contribution is 6.03. The molecule has 0 aromatic rings. The summed E-state index contributed by atoms with van der Waals surface area (Å²) in [5.41, 5.74) is 5.24. The summed E-state index contributed by atoms with van der Waals surface area (Å²) in [4.78, 5) is 24.0. The van der Waals surface area contributed by atoms with Crippen LogP contribution < -0.4 is 11.1 Å². The van der Waals surface area contributed by atoms with Crippen molar-refractivity contribution in [2.75, 3.05) is 6.54 Å². The van der Waals surface area contributed by atoms with Gasteiger partial charge in [0.1, 0.15) is 12.1 Å². The highest BCUT2D eigenvalue weighted by atomic mass is 16.2. The van der Waals surface area contributed by atoms with Crippen molar-refractivity contribution in [2.45, 2.75) is 0 Å². The predicted octanol–water partition coefficient (Wildman–Crippen LogP) is -1.12. The van der Waals surface area contributed by atoms with E-state index in [9.17, 15) is 9.59 Å². The first-order valence-corrected chi connectivity index (χ1v) is 2.81. The number of aldehydes is 1. The van der Waals surface area contributed by atoms with Crippen LogP contribution in [0.5, 0.6) is 0 Å². The van der Waals surface area contributed by atoms with Crippen LogP contribution in [0.4, 0.5) is 4.79 Å². The summed E-state index contributed by atoms with van der Waals surface area (Å²) in [6.07, 6.45) is 0.665.